The van der Waals surface area contributed by atoms with E-state index < -0.39 is 5.97 Å². The zero-order valence-corrected chi connectivity index (χ0v) is 11.0. The van der Waals surface area contributed by atoms with E-state index >= 15 is 0 Å². The first-order valence-corrected chi connectivity index (χ1v) is 6.80. The van der Waals surface area contributed by atoms with Crippen LogP contribution in [0, 0.1) is 5.92 Å². The number of hydrogen-bond acceptors (Lipinski definition) is 3. The summed E-state index contributed by atoms with van der Waals surface area (Å²) in [7, 11) is 0. The highest BCUT2D eigenvalue weighted by molar-refractivity contribution is 5.90. The summed E-state index contributed by atoms with van der Waals surface area (Å²) in [4.78, 5) is 11.0. The Morgan fingerprint density at radius 3 is 2.68 bits per heavy atom. The Balaban J connectivity index is 1.63. The van der Waals surface area contributed by atoms with Crippen molar-refractivity contribution in [2.24, 2.45) is 5.92 Å². The van der Waals surface area contributed by atoms with Gasteiger partial charge in [0.15, 0.2) is 0 Å². The molecule has 0 radical (unpaired) electrons. The summed E-state index contributed by atoms with van der Waals surface area (Å²) in [6, 6.07) is 6.65. The zero-order chi connectivity index (χ0) is 13.5. The molecule has 0 bridgehead atoms. The summed E-state index contributed by atoms with van der Waals surface area (Å²) in [5.74, 6) is 0.285. The molecule has 0 saturated heterocycles. The van der Waals surface area contributed by atoms with Gasteiger partial charge in [-0.25, -0.2) is 4.79 Å². The quantitative estimate of drug-likeness (QED) is 0.733. The maximum atomic E-state index is 11.0. The Kier molecular flexibility index (Phi) is 5.21. The van der Waals surface area contributed by atoms with E-state index in [1.54, 1.807) is 18.2 Å². The van der Waals surface area contributed by atoms with E-state index in [2.05, 4.69) is 0 Å². The maximum Gasteiger partial charge on any atom is 0.339 e. The van der Waals surface area contributed by atoms with E-state index in [1.807, 2.05) is 0 Å². The lowest BCUT2D eigenvalue weighted by atomic mass is 9.83. The Hall–Kier alpha value is -1.55. The average Bonchev–Trinajstić information content (AvgIpc) is 2.36. The molecule has 0 amide bonds. The van der Waals surface area contributed by atoms with Gasteiger partial charge in [-0.2, -0.15) is 0 Å². The number of aromatic carboxylic acids is 1. The number of carbonyl (C=O) groups is 1. The van der Waals surface area contributed by atoms with Crippen molar-refractivity contribution in [3.05, 3.63) is 29.8 Å². The van der Waals surface area contributed by atoms with Crippen LogP contribution < -0.4 is 4.74 Å². The minimum Gasteiger partial charge on any atom is -0.490 e. The third-order valence-corrected chi connectivity index (χ3v) is 3.50. The van der Waals surface area contributed by atoms with Crippen LogP contribution in [0.25, 0.3) is 0 Å². The first kappa shape index (κ1) is 13.9. The highest BCUT2D eigenvalue weighted by Gasteiger charge is 2.16. The molecular weight excluding hydrogens is 244 g/mol. The van der Waals surface area contributed by atoms with E-state index in [4.69, 9.17) is 14.6 Å². The van der Waals surface area contributed by atoms with Crippen molar-refractivity contribution in [1.29, 1.82) is 0 Å². The van der Waals surface area contributed by atoms with Crippen LogP contribution in [0.15, 0.2) is 24.3 Å². The number of rotatable bonds is 8. The molecule has 0 aromatic heterocycles. The molecule has 4 heteroatoms. The van der Waals surface area contributed by atoms with Gasteiger partial charge in [0.1, 0.15) is 17.9 Å². The van der Waals surface area contributed by atoms with Crippen molar-refractivity contribution in [2.75, 3.05) is 19.8 Å². The van der Waals surface area contributed by atoms with Gasteiger partial charge < -0.3 is 14.6 Å². The van der Waals surface area contributed by atoms with Crippen LogP contribution >= 0.6 is 0 Å². The second-order valence-electron chi connectivity index (χ2n) is 4.85. The largest absolute Gasteiger partial charge is 0.490 e. The predicted octanol–water partition coefficient (Wildman–Crippen LogP) is 2.97. The number of carboxylic acid groups (broad SMARTS) is 1. The summed E-state index contributed by atoms with van der Waals surface area (Å²) in [5, 5.41) is 8.99. The lowest BCUT2D eigenvalue weighted by Gasteiger charge is -2.24. The molecule has 1 aromatic carbocycles. The van der Waals surface area contributed by atoms with Gasteiger partial charge in [-0.3, -0.25) is 0 Å². The molecule has 4 nitrogen and oxygen atoms in total. The number of hydrogen-bond donors (Lipinski definition) is 1. The van der Waals surface area contributed by atoms with Crippen LogP contribution in [-0.4, -0.2) is 30.9 Å². The summed E-state index contributed by atoms with van der Waals surface area (Å²) < 4.78 is 10.9. The van der Waals surface area contributed by atoms with E-state index in [9.17, 15) is 4.79 Å². The topological polar surface area (TPSA) is 55.8 Å². The fraction of sp³-hybridized carbons (Fsp3) is 0.533. The third kappa shape index (κ3) is 4.24. The van der Waals surface area contributed by atoms with Crippen molar-refractivity contribution in [1.82, 2.24) is 0 Å². The molecular formula is C15H20O4. The molecule has 0 spiro atoms. The zero-order valence-electron chi connectivity index (χ0n) is 11.0. The summed E-state index contributed by atoms with van der Waals surface area (Å²) in [6.07, 6.45) is 5.17. The second-order valence-corrected chi connectivity index (χ2v) is 4.85. The fourth-order valence-electron chi connectivity index (χ4n) is 2.11. The number of para-hydroxylation sites is 1. The minimum atomic E-state index is -0.971. The Morgan fingerprint density at radius 2 is 2.00 bits per heavy atom. The normalized spacial score (nSPS) is 14.9. The van der Waals surface area contributed by atoms with Crippen LogP contribution in [0.2, 0.25) is 0 Å². The molecule has 0 atom stereocenters. The first-order chi connectivity index (χ1) is 9.27. The molecule has 1 saturated carbocycles. The predicted molar refractivity (Wildman–Crippen MR) is 71.7 cm³/mol. The highest BCUT2D eigenvalue weighted by atomic mass is 16.5. The van der Waals surface area contributed by atoms with E-state index in [0.29, 0.717) is 19.0 Å². The van der Waals surface area contributed by atoms with Gasteiger partial charge in [0.2, 0.25) is 0 Å². The van der Waals surface area contributed by atoms with Crippen molar-refractivity contribution in [3.8, 4) is 5.75 Å². The average molecular weight is 264 g/mol. The van der Waals surface area contributed by atoms with E-state index in [1.165, 1.54) is 25.3 Å². The van der Waals surface area contributed by atoms with Gasteiger partial charge in [0.25, 0.3) is 0 Å². The first-order valence-electron chi connectivity index (χ1n) is 6.80. The van der Waals surface area contributed by atoms with Crippen LogP contribution in [0.1, 0.15) is 36.0 Å². The minimum absolute atomic E-state index is 0.192. The van der Waals surface area contributed by atoms with E-state index in [-0.39, 0.29) is 5.56 Å². The van der Waals surface area contributed by atoms with Crippen LogP contribution in [0.5, 0.6) is 5.75 Å². The van der Waals surface area contributed by atoms with Crippen molar-refractivity contribution in [2.45, 2.75) is 25.7 Å². The van der Waals surface area contributed by atoms with E-state index in [0.717, 1.165) is 18.9 Å². The molecule has 1 aliphatic rings. The Labute approximate surface area is 113 Å². The summed E-state index contributed by atoms with van der Waals surface area (Å²) in [6.45, 7) is 1.66. The van der Waals surface area contributed by atoms with Crippen LogP contribution in [0.3, 0.4) is 0 Å². The second kappa shape index (κ2) is 7.14. The Morgan fingerprint density at radius 1 is 1.21 bits per heavy atom. The molecule has 0 unspecified atom stereocenters. The van der Waals surface area contributed by atoms with Gasteiger partial charge in [0, 0.05) is 6.61 Å². The molecule has 0 aliphatic heterocycles. The van der Waals surface area contributed by atoms with Gasteiger partial charge >= 0.3 is 5.97 Å². The van der Waals surface area contributed by atoms with Crippen molar-refractivity contribution < 1.29 is 19.4 Å². The molecule has 2 rings (SSSR count). The molecule has 0 heterocycles. The van der Waals surface area contributed by atoms with Gasteiger partial charge in [-0.1, -0.05) is 31.4 Å². The lowest BCUT2D eigenvalue weighted by molar-refractivity contribution is 0.0677. The van der Waals surface area contributed by atoms with Gasteiger partial charge in [0.05, 0.1) is 6.61 Å². The molecule has 1 aromatic rings. The van der Waals surface area contributed by atoms with Gasteiger partial charge in [-0.15, -0.1) is 0 Å². The van der Waals surface area contributed by atoms with Crippen LogP contribution in [0.4, 0.5) is 0 Å². The molecule has 1 fully saturated rings. The monoisotopic (exact) mass is 264 g/mol. The van der Waals surface area contributed by atoms with Gasteiger partial charge in [-0.05, 0) is 24.5 Å². The van der Waals surface area contributed by atoms with Crippen molar-refractivity contribution in [3.63, 3.8) is 0 Å². The third-order valence-electron chi connectivity index (χ3n) is 3.50. The number of ether oxygens (including phenoxy) is 2. The van der Waals surface area contributed by atoms with Crippen molar-refractivity contribution >= 4 is 5.97 Å². The number of carboxylic acids is 1. The van der Waals surface area contributed by atoms with Crippen LogP contribution in [-0.2, 0) is 4.74 Å². The summed E-state index contributed by atoms with van der Waals surface area (Å²) >= 11 is 0. The molecule has 19 heavy (non-hydrogen) atoms. The fourth-order valence-corrected chi connectivity index (χ4v) is 2.11. The lowest BCUT2D eigenvalue weighted by Crippen LogP contribution is -2.15. The highest BCUT2D eigenvalue weighted by Crippen LogP contribution is 2.29. The maximum absolute atomic E-state index is 11.0. The Bertz CT molecular complexity index is 412. The smallest absolute Gasteiger partial charge is 0.339 e. The molecule has 1 N–H and O–H groups in total. The summed E-state index contributed by atoms with van der Waals surface area (Å²) in [5.41, 5.74) is 0.192. The SMILES string of the molecule is O=C(O)c1ccccc1OCCOCCC1CCC1. The molecule has 1 aliphatic carbocycles. The standard InChI is InChI=1S/C15H20O4/c16-15(17)13-6-1-2-7-14(13)19-11-10-18-9-8-12-4-3-5-12/h1-2,6-7,12H,3-5,8-11H2,(H,16,17). The molecule has 104 valence electrons. The number of benzene rings is 1.